The molecule has 1 atom stereocenters. The van der Waals surface area contributed by atoms with E-state index in [2.05, 4.69) is 10.2 Å². The topological polar surface area (TPSA) is 35.5 Å². The summed E-state index contributed by atoms with van der Waals surface area (Å²) in [6, 6.07) is 0. The number of aliphatic hydroxyl groups is 1. The van der Waals surface area contributed by atoms with Gasteiger partial charge in [-0.3, -0.25) is 0 Å². The predicted octanol–water partition coefficient (Wildman–Crippen LogP) is -0.850. The van der Waals surface area contributed by atoms with Gasteiger partial charge in [-0.25, -0.2) is 0 Å². The quantitative estimate of drug-likeness (QED) is 0.460. The van der Waals surface area contributed by atoms with Crippen LogP contribution < -0.4 is 5.32 Å². The number of aliphatic hydroxyl groups excluding tert-OH is 1. The highest BCUT2D eigenvalue weighted by atomic mass is 16.3. The van der Waals surface area contributed by atoms with Crippen molar-refractivity contribution in [2.75, 3.05) is 26.2 Å². The third-order valence-corrected chi connectivity index (χ3v) is 2.06. The van der Waals surface area contributed by atoms with Crippen LogP contribution in [0.15, 0.2) is 11.8 Å². The van der Waals surface area contributed by atoms with E-state index in [1.54, 1.807) is 0 Å². The van der Waals surface area contributed by atoms with E-state index in [4.69, 9.17) is 0 Å². The lowest BCUT2D eigenvalue weighted by molar-refractivity contribution is 0.188. The summed E-state index contributed by atoms with van der Waals surface area (Å²) in [7, 11) is 0. The van der Waals surface area contributed by atoms with Crippen molar-refractivity contribution >= 4 is 0 Å². The molecule has 0 amide bonds. The zero-order valence-corrected chi connectivity index (χ0v) is 5.88. The molecule has 2 heterocycles. The van der Waals surface area contributed by atoms with Gasteiger partial charge in [0.25, 0.3) is 0 Å². The summed E-state index contributed by atoms with van der Waals surface area (Å²) < 4.78 is 0. The first-order valence-electron chi connectivity index (χ1n) is 3.71. The molecule has 10 heavy (non-hydrogen) atoms. The van der Waals surface area contributed by atoms with Crippen LogP contribution in [0.4, 0.5) is 0 Å². The molecular weight excluding hydrogens is 128 g/mol. The Bertz CT molecular complexity index is 167. The number of hydrogen-bond acceptors (Lipinski definition) is 3. The highest BCUT2D eigenvalue weighted by Gasteiger charge is 2.22. The van der Waals surface area contributed by atoms with Gasteiger partial charge in [0.1, 0.15) is 0 Å². The highest BCUT2D eigenvalue weighted by molar-refractivity contribution is 5.15. The van der Waals surface area contributed by atoms with Crippen molar-refractivity contribution in [3.63, 3.8) is 0 Å². The lowest BCUT2D eigenvalue weighted by Gasteiger charge is -2.27. The van der Waals surface area contributed by atoms with Crippen LogP contribution in [0.5, 0.6) is 0 Å². The van der Waals surface area contributed by atoms with Crippen molar-refractivity contribution in [2.45, 2.75) is 6.10 Å². The van der Waals surface area contributed by atoms with Gasteiger partial charge in [0, 0.05) is 31.9 Å². The molecule has 3 nitrogen and oxygen atoms in total. The Balaban J connectivity index is 2.10. The van der Waals surface area contributed by atoms with Crippen molar-refractivity contribution in [1.29, 1.82) is 0 Å². The lowest BCUT2D eigenvalue weighted by Crippen LogP contribution is -2.40. The molecule has 2 N–H and O–H groups in total. The molecule has 2 rings (SSSR count). The van der Waals surface area contributed by atoms with Crippen LogP contribution in [0.1, 0.15) is 0 Å². The van der Waals surface area contributed by atoms with Gasteiger partial charge in [-0.1, -0.05) is 0 Å². The molecule has 1 saturated heterocycles. The third-order valence-electron chi connectivity index (χ3n) is 2.06. The Morgan fingerprint density at radius 1 is 1.70 bits per heavy atom. The molecule has 2 aliphatic heterocycles. The van der Waals surface area contributed by atoms with E-state index >= 15 is 0 Å². The summed E-state index contributed by atoms with van der Waals surface area (Å²) in [5.41, 5.74) is 1.26. The van der Waals surface area contributed by atoms with Crippen LogP contribution in [0.2, 0.25) is 0 Å². The van der Waals surface area contributed by atoms with E-state index in [-0.39, 0.29) is 6.10 Å². The Kier molecular flexibility index (Phi) is 1.39. The maximum absolute atomic E-state index is 9.21. The monoisotopic (exact) mass is 140 g/mol. The fourth-order valence-corrected chi connectivity index (χ4v) is 1.56. The normalized spacial score (nSPS) is 31.9. The second-order valence-electron chi connectivity index (χ2n) is 2.85. The van der Waals surface area contributed by atoms with Crippen molar-refractivity contribution in [3.05, 3.63) is 11.8 Å². The Labute approximate surface area is 60.3 Å². The molecule has 56 valence electrons. The van der Waals surface area contributed by atoms with Gasteiger partial charge in [0.15, 0.2) is 0 Å². The Morgan fingerprint density at radius 3 is 3.40 bits per heavy atom. The second kappa shape index (κ2) is 2.25. The molecule has 0 unspecified atom stereocenters. The summed E-state index contributed by atoms with van der Waals surface area (Å²) >= 11 is 0. The maximum atomic E-state index is 9.21. The number of rotatable bonds is 0. The SMILES string of the molecule is O[C@@H]1C=C2CNCCN2C1. The van der Waals surface area contributed by atoms with Crippen LogP contribution >= 0.6 is 0 Å². The molecule has 0 aromatic rings. The second-order valence-corrected chi connectivity index (χ2v) is 2.85. The number of nitrogens with one attached hydrogen (secondary N) is 1. The van der Waals surface area contributed by atoms with Crippen molar-refractivity contribution in [3.8, 4) is 0 Å². The first-order valence-corrected chi connectivity index (χ1v) is 3.71. The standard InChI is InChI=1S/C7H12N2O/c10-7-3-6-4-8-1-2-9(6)5-7/h3,7-8,10H,1-2,4-5H2/t7-/m1/s1. The molecular formula is C7H12N2O. The van der Waals surface area contributed by atoms with Crippen LogP contribution in [0.3, 0.4) is 0 Å². The Morgan fingerprint density at radius 2 is 2.60 bits per heavy atom. The van der Waals surface area contributed by atoms with Gasteiger partial charge in [0.2, 0.25) is 0 Å². The summed E-state index contributed by atoms with van der Waals surface area (Å²) in [5.74, 6) is 0. The van der Waals surface area contributed by atoms with E-state index in [1.807, 2.05) is 6.08 Å². The molecule has 0 aliphatic carbocycles. The van der Waals surface area contributed by atoms with Crippen LogP contribution in [-0.2, 0) is 0 Å². The van der Waals surface area contributed by atoms with E-state index < -0.39 is 0 Å². The summed E-state index contributed by atoms with van der Waals surface area (Å²) in [4.78, 5) is 2.24. The van der Waals surface area contributed by atoms with E-state index in [1.165, 1.54) is 5.70 Å². The van der Waals surface area contributed by atoms with Gasteiger partial charge in [-0.05, 0) is 6.08 Å². The maximum Gasteiger partial charge on any atom is 0.0915 e. The minimum atomic E-state index is -0.227. The molecule has 2 aliphatic rings. The molecule has 0 radical (unpaired) electrons. The minimum absolute atomic E-state index is 0.227. The minimum Gasteiger partial charge on any atom is -0.387 e. The van der Waals surface area contributed by atoms with Crippen molar-refractivity contribution in [2.24, 2.45) is 0 Å². The first-order chi connectivity index (χ1) is 4.86. The predicted molar refractivity (Wildman–Crippen MR) is 38.5 cm³/mol. The summed E-state index contributed by atoms with van der Waals surface area (Å²) in [6.07, 6.45) is 1.71. The van der Waals surface area contributed by atoms with Crippen molar-refractivity contribution in [1.82, 2.24) is 10.2 Å². The molecule has 0 aromatic heterocycles. The van der Waals surface area contributed by atoms with Crippen LogP contribution in [-0.4, -0.2) is 42.3 Å². The van der Waals surface area contributed by atoms with Gasteiger partial charge in [-0.2, -0.15) is 0 Å². The van der Waals surface area contributed by atoms with E-state index in [0.29, 0.717) is 0 Å². The average molecular weight is 140 g/mol. The number of fused-ring (bicyclic) bond motifs is 1. The zero-order chi connectivity index (χ0) is 6.97. The molecule has 0 bridgehead atoms. The van der Waals surface area contributed by atoms with Crippen molar-refractivity contribution < 1.29 is 5.11 Å². The average Bonchev–Trinajstić information content (AvgIpc) is 2.27. The fraction of sp³-hybridized carbons (Fsp3) is 0.714. The number of piperazine rings is 1. The van der Waals surface area contributed by atoms with Crippen LogP contribution in [0.25, 0.3) is 0 Å². The lowest BCUT2D eigenvalue weighted by atomic mass is 10.3. The first kappa shape index (κ1) is 6.19. The molecule has 0 saturated carbocycles. The van der Waals surface area contributed by atoms with E-state index in [0.717, 1.165) is 26.2 Å². The highest BCUT2D eigenvalue weighted by Crippen LogP contribution is 2.15. The molecule has 0 aromatic carbocycles. The largest absolute Gasteiger partial charge is 0.387 e. The van der Waals surface area contributed by atoms with E-state index in [9.17, 15) is 5.11 Å². The fourth-order valence-electron chi connectivity index (χ4n) is 1.56. The van der Waals surface area contributed by atoms with Gasteiger partial charge in [-0.15, -0.1) is 0 Å². The molecule has 0 spiro atoms. The smallest absolute Gasteiger partial charge is 0.0915 e. The molecule has 3 heteroatoms. The third kappa shape index (κ3) is 0.914. The number of hydrogen-bond donors (Lipinski definition) is 2. The molecule has 1 fully saturated rings. The number of nitrogens with zero attached hydrogens (tertiary/aromatic N) is 1. The summed E-state index contributed by atoms with van der Waals surface area (Å²) in [6.45, 7) is 3.82. The van der Waals surface area contributed by atoms with Gasteiger partial charge < -0.3 is 15.3 Å². The Hall–Kier alpha value is -0.540. The van der Waals surface area contributed by atoms with Crippen LogP contribution in [0, 0.1) is 0 Å². The zero-order valence-electron chi connectivity index (χ0n) is 5.88. The van der Waals surface area contributed by atoms with Gasteiger partial charge in [0.05, 0.1) is 6.10 Å². The van der Waals surface area contributed by atoms with Gasteiger partial charge >= 0.3 is 0 Å². The summed E-state index contributed by atoms with van der Waals surface area (Å²) in [5, 5.41) is 12.5.